The smallest absolute Gasteiger partial charge is 0.258 e. The minimum Gasteiger partial charge on any atom is -0.438 e. The quantitative estimate of drug-likeness (QED) is 0.648. The van der Waals surface area contributed by atoms with Crippen molar-refractivity contribution < 1.29 is 17.9 Å². The van der Waals surface area contributed by atoms with Crippen molar-refractivity contribution in [2.24, 2.45) is 0 Å². The fourth-order valence-electron chi connectivity index (χ4n) is 2.56. The first-order valence-corrected chi connectivity index (χ1v) is 12.5. The molecule has 1 unspecified atom stereocenters. The van der Waals surface area contributed by atoms with Crippen molar-refractivity contribution >= 4 is 27.5 Å². The highest BCUT2D eigenvalue weighted by Crippen LogP contribution is 2.39. The molecule has 1 heterocycles. The van der Waals surface area contributed by atoms with Crippen molar-refractivity contribution in [2.45, 2.75) is 24.8 Å². The number of carbonyl (C=O) groups is 1. The monoisotopic (exact) mass is 433 g/mol. The van der Waals surface area contributed by atoms with E-state index in [1.165, 1.54) is 24.0 Å². The minimum atomic E-state index is -3.29. The van der Waals surface area contributed by atoms with Crippen LogP contribution in [0.3, 0.4) is 0 Å². The highest BCUT2D eigenvalue weighted by Gasteiger charge is 2.29. The Morgan fingerprint density at radius 3 is 2.69 bits per heavy atom. The molecule has 0 aliphatic heterocycles. The summed E-state index contributed by atoms with van der Waals surface area (Å²) in [5.74, 6) is 1.85. The molecule has 1 aromatic carbocycles. The lowest BCUT2D eigenvalue weighted by molar-refractivity contribution is 0.0944. The lowest BCUT2D eigenvalue weighted by Crippen LogP contribution is -2.35. The van der Waals surface area contributed by atoms with E-state index in [1.54, 1.807) is 12.1 Å². The number of para-hydroxylation sites is 1. The lowest BCUT2D eigenvalue weighted by Gasteiger charge is -2.16. The van der Waals surface area contributed by atoms with Gasteiger partial charge in [0, 0.05) is 29.5 Å². The summed E-state index contributed by atoms with van der Waals surface area (Å²) in [6.45, 7) is 0. The maximum atomic E-state index is 12.9. The van der Waals surface area contributed by atoms with Gasteiger partial charge < -0.3 is 10.1 Å². The van der Waals surface area contributed by atoms with E-state index in [4.69, 9.17) is 4.74 Å². The summed E-state index contributed by atoms with van der Waals surface area (Å²) >= 11 is 1.50. The van der Waals surface area contributed by atoms with Crippen LogP contribution in [0, 0.1) is 0 Å². The highest BCUT2D eigenvalue weighted by molar-refractivity contribution is 7.98. The SMILES string of the molecule is CSCC(/C=C/S(C)(=O)=O)NC(=O)c1cnc(C2CC2)nc1Oc1ccccc1. The van der Waals surface area contributed by atoms with Crippen LogP contribution >= 0.6 is 11.8 Å². The van der Waals surface area contributed by atoms with Crippen molar-refractivity contribution in [3.05, 3.63) is 59.4 Å². The second kappa shape index (κ2) is 9.41. The van der Waals surface area contributed by atoms with E-state index in [9.17, 15) is 13.2 Å². The molecular formula is C20H23N3O4S2. The van der Waals surface area contributed by atoms with E-state index in [1.807, 2.05) is 24.5 Å². The summed E-state index contributed by atoms with van der Waals surface area (Å²) in [4.78, 5) is 21.7. The third-order valence-corrected chi connectivity index (χ3v) is 5.48. The molecule has 1 aromatic heterocycles. The fourth-order valence-corrected chi connectivity index (χ4v) is 3.59. The van der Waals surface area contributed by atoms with Gasteiger partial charge in [-0.15, -0.1) is 0 Å². The van der Waals surface area contributed by atoms with Gasteiger partial charge in [-0.2, -0.15) is 16.7 Å². The van der Waals surface area contributed by atoms with Crippen LogP contribution in [0.2, 0.25) is 0 Å². The molecule has 154 valence electrons. The van der Waals surface area contributed by atoms with Crippen LogP contribution in [0.5, 0.6) is 11.6 Å². The zero-order valence-electron chi connectivity index (χ0n) is 16.2. The van der Waals surface area contributed by atoms with Crippen LogP contribution < -0.4 is 10.1 Å². The molecule has 1 fully saturated rings. The van der Waals surface area contributed by atoms with E-state index < -0.39 is 21.8 Å². The van der Waals surface area contributed by atoms with E-state index in [0.717, 1.165) is 24.5 Å². The van der Waals surface area contributed by atoms with Crippen LogP contribution in [-0.2, 0) is 9.84 Å². The molecule has 0 radical (unpaired) electrons. The summed E-state index contributed by atoms with van der Waals surface area (Å²) in [6, 6.07) is 8.65. The second-order valence-corrected chi connectivity index (χ2v) is 9.67. The summed E-state index contributed by atoms with van der Waals surface area (Å²) in [6.07, 6.45) is 8.00. The van der Waals surface area contributed by atoms with Gasteiger partial charge >= 0.3 is 0 Å². The Morgan fingerprint density at radius 1 is 1.34 bits per heavy atom. The average molecular weight is 434 g/mol. The van der Waals surface area contributed by atoms with Crippen molar-refractivity contribution in [1.29, 1.82) is 0 Å². The molecule has 0 bridgehead atoms. The number of amides is 1. The first kappa shape index (κ1) is 21.3. The Kier molecular flexibility index (Phi) is 6.92. The Balaban J connectivity index is 1.85. The molecule has 9 heteroatoms. The topological polar surface area (TPSA) is 98.2 Å². The predicted molar refractivity (Wildman–Crippen MR) is 114 cm³/mol. The molecule has 0 saturated heterocycles. The first-order chi connectivity index (χ1) is 13.9. The third-order valence-electron chi connectivity index (χ3n) is 4.14. The number of ether oxygens (including phenoxy) is 1. The molecule has 3 rings (SSSR count). The van der Waals surface area contributed by atoms with Gasteiger partial charge in [-0.05, 0) is 31.2 Å². The van der Waals surface area contributed by atoms with E-state index in [0.29, 0.717) is 23.2 Å². The van der Waals surface area contributed by atoms with Crippen LogP contribution in [0.25, 0.3) is 0 Å². The zero-order chi connectivity index (χ0) is 20.9. The van der Waals surface area contributed by atoms with Gasteiger partial charge in [0.1, 0.15) is 17.1 Å². The van der Waals surface area contributed by atoms with Gasteiger partial charge in [-0.3, -0.25) is 4.79 Å². The van der Waals surface area contributed by atoms with Crippen LogP contribution in [0.1, 0.15) is 34.9 Å². The Hall–Kier alpha value is -2.39. The summed E-state index contributed by atoms with van der Waals surface area (Å²) in [7, 11) is -3.29. The Labute approximate surface area is 174 Å². The lowest BCUT2D eigenvalue weighted by atomic mass is 10.2. The molecule has 1 N–H and O–H groups in total. The Bertz CT molecular complexity index is 990. The van der Waals surface area contributed by atoms with Gasteiger partial charge in [0.2, 0.25) is 5.88 Å². The average Bonchev–Trinajstić information content (AvgIpc) is 3.52. The highest BCUT2D eigenvalue weighted by atomic mass is 32.2. The zero-order valence-corrected chi connectivity index (χ0v) is 17.9. The van der Waals surface area contributed by atoms with Gasteiger partial charge in [0.15, 0.2) is 9.84 Å². The molecule has 1 aliphatic carbocycles. The number of sulfone groups is 1. The van der Waals surface area contributed by atoms with E-state index in [-0.39, 0.29) is 11.4 Å². The molecule has 29 heavy (non-hydrogen) atoms. The second-order valence-electron chi connectivity index (χ2n) is 6.83. The fraction of sp³-hybridized carbons (Fsp3) is 0.350. The van der Waals surface area contributed by atoms with Crippen LogP contribution in [0.4, 0.5) is 0 Å². The molecule has 0 spiro atoms. The summed E-state index contributed by atoms with van der Waals surface area (Å²) in [5.41, 5.74) is 0.206. The van der Waals surface area contributed by atoms with Gasteiger partial charge in [0.25, 0.3) is 5.91 Å². The number of nitrogens with zero attached hydrogens (tertiary/aromatic N) is 2. The van der Waals surface area contributed by atoms with E-state index >= 15 is 0 Å². The minimum absolute atomic E-state index is 0.195. The molecule has 1 amide bonds. The molecular weight excluding hydrogens is 410 g/mol. The Morgan fingerprint density at radius 2 is 2.07 bits per heavy atom. The van der Waals surface area contributed by atoms with Crippen LogP contribution in [-0.4, -0.2) is 48.6 Å². The van der Waals surface area contributed by atoms with Crippen molar-refractivity contribution in [1.82, 2.24) is 15.3 Å². The number of benzene rings is 1. The van der Waals surface area contributed by atoms with E-state index in [2.05, 4.69) is 15.3 Å². The molecule has 1 aliphatic rings. The molecule has 2 aromatic rings. The standard InChI is InChI=1S/C20H23N3O4S2/c1-28-13-15(10-11-29(2,25)26)22-19(24)17-12-21-18(14-8-9-14)23-20(17)27-16-6-4-3-5-7-16/h3-7,10-12,14-15H,8-9,13H2,1-2H3,(H,22,24)/b11-10+. The predicted octanol–water partition coefficient (Wildman–Crippen LogP) is 3.17. The van der Waals surface area contributed by atoms with Crippen molar-refractivity contribution in [3.8, 4) is 11.6 Å². The number of thioether (sulfide) groups is 1. The number of carbonyl (C=O) groups excluding carboxylic acids is 1. The van der Waals surface area contributed by atoms with Gasteiger partial charge in [0.05, 0.1) is 6.04 Å². The largest absolute Gasteiger partial charge is 0.438 e. The normalized spacial score (nSPS) is 15.2. The molecule has 1 atom stereocenters. The maximum Gasteiger partial charge on any atom is 0.258 e. The molecule has 1 saturated carbocycles. The van der Waals surface area contributed by atoms with Gasteiger partial charge in [-0.1, -0.05) is 24.3 Å². The maximum absolute atomic E-state index is 12.9. The van der Waals surface area contributed by atoms with Crippen molar-refractivity contribution in [3.63, 3.8) is 0 Å². The number of rotatable bonds is 9. The number of hydrogen-bond donors (Lipinski definition) is 1. The number of nitrogens with one attached hydrogen (secondary N) is 1. The third kappa shape index (κ3) is 6.57. The van der Waals surface area contributed by atoms with Gasteiger partial charge in [-0.25, -0.2) is 13.4 Å². The molecule has 7 nitrogen and oxygen atoms in total. The van der Waals surface area contributed by atoms with Crippen molar-refractivity contribution in [2.75, 3.05) is 18.3 Å². The number of aromatic nitrogens is 2. The van der Waals surface area contributed by atoms with Crippen LogP contribution in [0.15, 0.2) is 48.0 Å². The summed E-state index contributed by atoms with van der Waals surface area (Å²) < 4.78 is 28.7. The summed E-state index contributed by atoms with van der Waals surface area (Å²) in [5, 5.41) is 3.93. The first-order valence-electron chi connectivity index (χ1n) is 9.13. The number of hydrogen-bond acceptors (Lipinski definition) is 7.